The number of fused-ring (bicyclic) bond motifs is 1. The average Bonchev–Trinajstić information content (AvgIpc) is 2.92. The SMILES string of the molecule is Cc1ccc(C(=O)NCc2cc3nc(-c4cccc(N5CC(C)(C)NCC5=O)n4)ccc3cn2)cc1S(C)(=O)=O. The second-order valence-corrected chi connectivity index (χ2v) is 12.6. The maximum atomic E-state index is 12.7. The van der Waals surface area contributed by atoms with Gasteiger partial charge in [0.2, 0.25) is 5.91 Å². The van der Waals surface area contributed by atoms with Gasteiger partial charge in [-0.1, -0.05) is 12.1 Å². The minimum Gasteiger partial charge on any atom is -0.346 e. The molecule has 206 valence electrons. The van der Waals surface area contributed by atoms with Gasteiger partial charge in [-0.2, -0.15) is 0 Å². The van der Waals surface area contributed by atoms with Gasteiger partial charge in [-0.05, 0) is 68.8 Å². The Balaban J connectivity index is 1.36. The molecule has 1 fully saturated rings. The molecule has 1 aliphatic rings. The molecule has 40 heavy (non-hydrogen) atoms. The highest BCUT2D eigenvalue weighted by Crippen LogP contribution is 2.24. The molecule has 2 N–H and O–H groups in total. The van der Waals surface area contributed by atoms with Gasteiger partial charge < -0.3 is 10.6 Å². The Morgan fingerprint density at radius 1 is 1.07 bits per heavy atom. The minimum atomic E-state index is -3.45. The van der Waals surface area contributed by atoms with Crippen molar-refractivity contribution in [1.29, 1.82) is 0 Å². The quantitative estimate of drug-likeness (QED) is 0.369. The number of aromatic nitrogens is 3. The maximum absolute atomic E-state index is 12.7. The number of aryl methyl sites for hydroxylation is 1. The predicted octanol–water partition coefficient (Wildman–Crippen LogP) is 3.05. The Kier molecular flexibility index (Phi) is 7.11. The van der Waals surface area contributed by atoms with Crippen LogP contribution in [0.4, 0.5) is 5.82 Å². The molecular formula is C29H30N6O4S. The largest absolute Gasteiger partial charge is 0.346 e. The van der Waals surface area contributed by atoms with Crippen LogP contribution >= 0.6 is 0 Å². The molecule has 4 aromatic rings. The number of hydrogen-bond acceptors (Lipinski definition) is 8. The van der Waals surface area contributed by atoms with Gasteiger partial charge in [0.25, 0.3) is 5.91 Å². The number of carbonyl (C=O) groups excluding carboxylic acids is 2. The Morgan fingerprint density at radius 3 is 2.62 bits per heavy atom. The first kappa shape index (κ1) is 27.4. The number of rotatable bonds is 6. The topological polar surface area (TPSA) is 134 Å². The van der Waals surface area contributed by atoms with Gasteiger partial charge in [0.05, 0.1) is 40.6 Å². The van der Waals surface area contributed by atoms with E-state index in [1.54, 1.807) is 36.2 Å². The van der Waals surface area contributed by atoms with Crippen molar-refractivity contribution < 1.29 is 18.0 Å². The molecule has 0 spiro atoms. The fourth-order valence-electron chi connectivity index (χ4n) is 4.59. The molecule has 1 aromatic carbocycles. The van der Waals surface area contributed by atoms with Crippen molar-refractivity contribution in [3.8, 4) is 11.4 Å². The molecule has 1 aliphatic heterocycles. The monoisotopic (exact) mass is 558 g/mol. The summed E-state index contributed by atoms with van der Waals surface area (Å²) < 4.78 is 24.1. The van der Waals surface area contributed by atoms with E-state index < -0.39 is 15.7 Å². The Morgan fingerprint density at radius 2 is 1.85 bits per heavy atom. The molecule has 0 aliphatic carbocycles. The molecule has 10 nitrogen and oxygen atoms in total. The zero-order chi connectivity index (χ0) is 28.7. The van der Waals surface area contributed by atoms with Crippen molar-refractivity contribution in [2.45, 2.75) is 37.8 Å². The fourth-order valence-corrected chi connectivity index (χ4v) is 5.58. The van der Waals surface area contributed by atoms with Gasteiger partial charge in [0.15, 0.2) is 9.84 Å². The second-order valence-electron chi connectivity index (χ2n) is 10.6. The van der Waals surface area contributed by atoms with E-state index in [0.717, 1.165) is 11.6 Å². The van der Waals surface area contributed by atoms with Gasteiger partial charge in [-0.15, -0.1) is 0 Å². The van der Waals surface area contributed by atoms with Crippen molar-refractivity contribution in [3.63, 3.8) is 0 Å². The molecule has 0 bridgehead atoms. The average molecular weight is 559 g/mol. The summed E-state index contributed by atoms with van der Waals surface area (Å²) in [6, 6.07) is 15.7. The number of hydrogen-bond donors (Lipinski definition) is 2. The number of nitrogens with one attached hydrogen (secondary N) is 2. The maximum Gasteiger partial charge on any atom is 0.251 e. The highest BCUT2D eigenvalue weighted by atomic mass is 32.2. The number of sulfone groups is 1. The van der Waals surface area contributed by atoms with E-state index in [2.05, 4.69) is 15.6 Å². The normalized spacial score (nSPS) is 15.3. The number of carbonyl (C=O) groups is 2. The second kappa shape index (κ2) is 10.4. The third-order valence-electron chi connectivity index (χ3n) is 6.76. The molecular weight excluding hydrogens is 528 g/mol. The van der Waals surface area contributed by atoms with E-state index in [-0.39, 0.29) is 35.0 Å². The van der Waals surface area contributed by atoms with Crippen LogP contribution in [0.15, 0.2) is 65.7 Å². The molecule has 1 saturated heterocycles. The zero-order valence-electron chi connectivity index (χ0n) is 22.7. The third-order valence-corrected chi connectivity index (χ3v) is 7.99. The fraction of sp³-hybridized carbons (Fsp3) is 0.276. The summed E-state index contributed by atoms with van der Waals surface area (Å²) >= 11 is 0. The molecule has 11 heteroatoms. The summed E-state index contributed by atoms with van der Waals surface area (Å²) in [4.78, 5) is 41.1. The van der Waals surface area contributed by atoms with Crippen LogP contribution in [0, 0.1) is 6.92 Å². The molecule has 3 aromatic heterocycles. The standard InChI is InChI=1S/C29H30N6O4S/c1-18-8-9-19(12-25(18)40(4,38)39)28(37)31-15-21-13-24-20(14-30-21)10-11-23(33-24)22-6-5-7-26(34-22)35-17-29(2,3)32-16-27(35)36/h5-14,32H,15-17H2,1-4H3,(H,31,37). The van der Waals surface area contributed by atoms with Crippen molar-refractivity contribution in [1.82, 2.24) is 25.6 Å². The van der Waals surface area contributed by atoms with Gasteiger partial charge >= 0.3 is 0 Å². The van der Waals surface area contributed by atoms with Gasteiger partial charge in [-0.3, -0.25) is 19.5 Å². The van der Waals surface area contributed by atoms with Gasteiger partial charge in [0.1, 0.15) is 5.82 Å². The number of anilines is 1. The van der Waals surface area contributed by atoms with Crippen LogP contribution < -0.4 is 15.5 Å². The zero-order valence-corrected chi connectivity index (χ0v) is 23.5. The summed E-state index contributed by atoms with van der Waals surface area (Å²) in [5, 5.41) is 6.85. The third kappa shape index (κ3) is 5.85. The smallest absolute Gasteiger partial charge is 0.251 e. The number of nitrogens with zero attached hydrogens (tertiary/aromatic N) is 4. The van der Waals surface area contributed by atoms with Crippen LogP contribution in [-0.2, 0) is 21.2 Å². The highest BCUT2D eigenvalue weighted by molar-refractivity contribution is 7.90. The van der Waals surface area contributed by atoms with E-state index in [1.165, 1.54) is 6.07 Å². The molecule has 0 saturated carbocycles. The van der Waals surface area contributed by atoms with E-state index >= 15 is 0 Å². The molecule has 0 unspecified atom stereocenters. The van der Waals surface area contributed by atoms with Gasteiger partial charge in [-0.25, -0.2) is 18.4 Å². The van der Waals surface area contributed by atoms with Crippen LogP contribution in [0.25, 0.3) is 22.3 Å². The van der Waals surface area contributed by atoms with Crippen molar-refractivity contribution >= 4 is 38.4 Å². The van der Waals surface area contributed by atoms with Crippen LogP contribution in [-0.4, -0.2) is 60.1 Å². The molecule has 4 heterocycles. The Hall–Kier alpha value is -4.22. The Labute approximate surface area is 232 Å². The lowest BCUT2D eigenvalue weighted by atomic mass is 10.0. The molecule has 5 rings (SSSR count). The van der Waals surface area contributed by atoms with Crippen LogP contribution in [0.2, 0.25) is 0 Å². The number of amides is 2. The first-order valence-corrected chi connectivity index (χ1v) is 14.7. The summed E-state index contributed by atoms with van der Waals surface area (Å²) in [7, 11) is -3.45. The van der Waals surface area contributed by atoms with Crippen molar-refractivity contribution in [2.24, 2.45) is 0 Å². The minimum absolute atomic E-state index is 0.0358. The van der Waals surface area contributed by atoms with E-state index in [1.807, 2.05) is 44.2 Å². The summed E-state index contributed by atoms with van der Waals surface area (Å²) in [5.74, 6) is 0.138. The summed E-state index contributed by atoms with van der Waals surface area (Å²) in [6.45, 7) is 6.67. The van der Waals surface area contributed by atoms with Crippen LogP contribution in [0.1, 0.15) is 35.5 Å². The molecule has 0 radical (unpaired) electrons. The number of pyridine rings is 3. The lowest BCUT2D eigenvalue weighted by molar-refractivity contribution is -0.119. The lowest BCUT2D eigenvalue weighted by Gasteiger charge is -2.38. The molecule has 0 atom stereocenters. The van der Waals surface area contributed by atoms with Gasteiger partial charge in [0, 0.05) is 35.5 Å². The van der Waals surface area contributed by atoms with Crippen molar-refractivity contribution in [3.05, 3.63) is 77.6 Å². The van der Waals surface area contributed by atoms with Crippen molar-refractivity contribution in [2.75, 3.05) is 24.2 Å². The lowest BCUT2D eigenvalue weighted by Crippen LogP contribution is -2.60. The molecule has 2 amide bonds. The first-order valence-electron chi connectivity index (χ1n) is 12.8. The van der Waals surface area contributed by atoms with Crippen LogP contribution in [0.3, 0.4) is 0 Å². The predicted molar refractivity (Wildman–Crippen MR) is 153 cm³/mol. The van der Waals surface area contributed by atoms with E-state index in [9.17, 15) is 18.0 Å². The summed E-state index contributed by atoms with van der Waals surface area (Å²) in [6.07, 6.45) is 2.81. The number of piperazine rings is 1. The number of benzene rings is 1. The van der Waals surface area contributed by atoms with E-state index in [4.69, 9.17) is 9.97 Å². The summed E-state index contributed by atoms with van der Waals surface area (Å²) in [5.41, 5.74) is 3.17. The van der Waals surface area contributed by atoms with E-state index in [0.29, 0.717) is 40.5 Å². The van der Waals surface area contributed by atoms with Crippen LogP contribution in [0.5, 0.6) is 0 Å². The Bertz CT molecular complexity index is 1750. The first-order chi connectivity index (χ1) is 18.9. The highest BCUT2D eigenvalue weighted by Gasteiger charge is 2.32.